The first-order valence-corrected chi connectivity index (χ1v) is 8.22. The summed E-state index contributed by atoms with van der Waals surface area (Å²) in [4.78, 5) is 14.2. The van der Waals surface area contributed by atoms with Crippen molar-refractivity contribution in [2.45, 2.75) is 64.2 Å². The van der Waals surface area contributed by atoms with Gasteiger partial charge in [0.05, 0.1) is 25.4 Å². The number of benzene rings is 1. The Balaban J connectivity index is 1.63. The minimum Gasteiger partial charge on any atom is -0.444 e. The molecule has 5 heteroatoms. The Labute approximate surface area is 137 Å². The third kappa shape index (κ3) is 3.85. The number of hydrogen-bond acceptors (Lipinski definition) is 4. The summed E-state index contributed by atoms with van der Waals surface area (Å²) >= 11 is 0. The number of rotatable bonds is 3. The first kappa shape index (κ1) is 16.3. The van der Waals surface area contributed by atoms with Crippen LogP contribution in [-0.2, 0) is 20.8 Å². The highest BCUT2D eigenvalue weighted by molar-refractivity contribution is 5.69. The van der Waals surface area contributed by atoms with E-state index in [2.05, 4.69) is 0 Å². The third-order valence-electron chi connectivity index (χ3n) is 4.17. The second-order valence-corrected chi connectivity index (χ2v) is 7.16. The fraction of sp³-hybridized carbons (Fsp3) is 0.611. The molecule has 2 aliphatic rings. The molecule has 0 unspecified atom stereocenters. The molecule has 2 saturated heterocycles. The lowest BCUT2D eigenvalue weighted by atomic mass is 10.0. The maximum Gasteiger partial charge on any atom is 0.412 e. The minimum absolute atomic E-state index is 0.0125. The standard InChI is InChI=1S/C18H25NO4/c1-18(2,3)23-17(20)19-14-12-22-16(19)10-9-15(14)21-11-13-7-5-4-6-8-13/h4-8,14-16H,9-12H2,1-3H3/t14-,15+,16+/m0/s1. The summed E-state index contributed by atoms with van der Waals surface area (Å²) in [5.41, 5.74) is 0.631. The lowest BCUT2D eigenvalue weighted by molar-refractivity contribution is -0.0690. The number of amides is 1. The van der Waals surface area contributed by atoms with Crippen molar-refractivity contribution in [2.24, 2.45) is 0 Å². The number of carbonyl (C=O) groups is 1. The van der Waals surface area contributed by atoms with Crippen LogP contribution in [0, 0.1) is 0 Å². The van der Waals surface area contributed by atoms with Gasteiger partial charge in [0.25, 0.3) is 0 Å². The zero-order valence-electron chi connectivity index (χ0n) is 14.0. The van der Waals surface area contributed by atoms with Crippen LogP contribution < -0.4 is 0 Å². The SMILES string of the molecule is CC(C)(C)OC(=O)N1[C@H]2CC[C@@H](OCc3ccccc3)[C@@H]1CO2. The normalized spacial score (nSPS) is 27.1. The van der Waals surface area contributed by atoms with E-state index < -0.39 is 5.60 Å². The third-order valence-corrected chi connectivity index (χ3v) is 4.17. The van der Waals surface area contributed by atoms with Crippen molar-refractivity contribution in [2.75, 3.05) is 6.61 Å². The van der Waals surface area contributed by atoms with Crippen molar-refractivity contribution in [1.82, 2.24) is 4.90 Å². The van der Waals surface area contributed by atoms with Crippen LogP contribution in [0.1, 0.15) is 39.2 Å². The maximum atomic E-state index is 12.5. The van der Waals surface area contributed by atoms with Crippen LogP contribution in [0.5, 0.6) is 0 Å². The van der Waals surface area contributed by atoms with Crippen LogP contribution in [0.25, 0.3) is 0 Å². The Kier molecular flexibility index (Phi) is 4.60. The summed E-state index contributed by atoms with van der Waals surface area (Å²) < 4.78 is 17.4. The van der Waals surface area contributed by atoms with E-state index in [1.54, 1.807) is 4.90 Å². The molecule has 2 bridgehead atoms. The molecule has 3 atom stereocenters. The number of ether oxygens (including phenoxy) is 3. The van der Waals surface area contributed by atoms with Gasteiger partial charge in [-0.1, -0.05) is 30.3 Å². The molecule has 23 heavy (non-hydrogen) atoms. The van der Waals surface area contributed by atoms with E-state index in [9.17, 15) is 4.79 Å². The molecule has 2 fully saturated rings. The number of carbonyl (C=O) groups excluding carboxylic acids is 1. The van der Waals surface area contributed by atoms with Gasteiger partial charge in [0, 0.05) is 0 Å². The number of nitrogens with zero attached hydrogens (tertiary/aromatic N) is 1. The van der Waals surface area contributed by atoms with Gasteiger partial charge in [-0.25, -0.2) is 4.79 Å². The minimum atomic E-state index is -0.506. The average Bonchev–Trinajstić information content (AvgIpc) is 2.81. The second-order valence-electron chi connectivity index (χ2n) is 7.16. The van der Waals surface area contributed by atoms with Crippen LogP contribution >= 0.6 is 0 Å². The first-order valence-electron chi connectivity index (χ1n) is 8.22. The Morgan fingerprint density at radius 1 is 1.26 bits per heavy atom. The van der Waals surface area contributed by atoms with Gasteiger partial charge in [0.2, 0.25) is 0 Å². The smallest absolute Gasteiger partial charge is 0.412 e. The molecule has 3 rings (SSSR count). The van der Waals surface area contributed by atoms with E-state index in [0.717, 1.165) is 18.4 Å². The molecular formula is C18H25NO4. The van der Waals surface area contributed by atoms with Gasteiger partial charge in [-0.15, -0.1) is 0 Å². The first-order chi connectivity index (χ1) is 10.9. The van der Waals surface area contributed by atoms with Crippen molar-refractivity contribution >= 4 is 6.09 Å². The molecule has 126 valence electrons. The molecule has 0 radical (unpaired) electrons. The van der Waals surface area contributed by atoms with E-state index in [1.165, 1.54) is 0 Å². The molecular weight excluding hydrogens is 294 g/mol. The van der Waals surface area contributed by atoms with E-state index >= 15 is 0 Å². The zero-order valence-corrected chi connectivity index (χ0v) is 14.0. The summed E-state index contributed by atoms with van der Waals surface area (Å²) in [6, 6.07) is 10.0. The summed E-state index contributed by atoms with van der Waals surface area (Å²) in [5, 5.41) is 0. The molecule has 1 aromatic rings. The Bertz CT molecular complexity index is 540. The van der Waals surface area contributed by atoms with Gasteiger partial charge in [-0.05, 0) is 39.2 Å². The van der Waals surface area contributed by atoms with Gasteiger partial charge in [0.1, 0.15) is 11.8 Å². The zero-order chi connectivity index (χ0) is 16.4. The summed E-state index contributed by atoms with van der Waals surface area (Å²) in [7, 11) is 0. The van der Waals surface area contributed by atoms with E-state index in [4.69, 9.17) is 14.2 Å². The van der Waals surface area contributed by atoms with E-state index in [-0.39, 0.29) is 24.5 Å². The second kappa shape index (κ2) is 6.49. The highest BCUT2D eigenvalue weighted by Crippen LogP contribution is 2.34. The predicted octanol–water partition coefficient (Wildman–Crippen LogP) is 3.33. The molecule has 1 amide bonds. The molecule has 0 spiro atoms. The van der Waals surface area contributed by atoms with Crippen LogP contribution in [0.3, 0.4) is 0 Å². The number of hydrogen-bond donors (Lipinski definition) is 0. The average molecular weight is 319 g/mol. The molecule has 0 aliphatic carbocycles. The molecule has 0 saturated carbocycles. The molecule has 1 aromatic carbocycles. The van der Waals surface area contributed by atoms with Gasteiger partial charge >= 0.3 is 6.09 Å². The van der Waals surface area contributed by atoms with Crippen molar-refractivity contribution in [3.63, 3.8) is 0 Å². The van der Waals surface area contributed by atoms with Crippen molar-refractivity contribution < 1.29 is 19.0 Å². The highest BCUT2D eigenvalue weighted by atomic mass is 16.6. The van der Waals surface area contributed by atoms with Crippen LogP contribution in [-0.4, -0.2) is 41.6 Å². The van der Waals surface area contributed by atoms with Gasteiger partial charge in [0.15, 0.2) is 0 Å². The van der Waals surface area contributed by atoms with Gasteiger partial charge < -0.3 is 14.2 Å². The fourth-order valence-electron chi connectivity index (χ4n) is 3.13. The summed E-state index contributed by atoms with van der Waals surface area (Å²) in [5.74, 6) is 0. The molecule has 0 aromatic heterocycles. The van der Waals surface area contributed by atoms with Gasteiger partial charge in [-0.3, -0.25) is 4.90 Å². The van der Waals surface area contributed by atoms with Crippen LogP contribution in [0.15, 0.2) is 30.3 Å². The molecule has 2 heterocycles. The summed E-state index contributed by atoms with van der Waals surface area (Å²) in [6.07, 6.45) is 1.20. The summed E-state index contributed by atoms with van der Waals surface area (Å²) in [6.45, 7) is 6.70. The quantitative estimate of drug-likeness (QED) is 0.857. The molecule has 2 aliphatic heterocycles. The molecule has 0 N–H and O–H groups in total. The van der Waals surface area contributed by atoms with E-state index in [1.807, 2.05) is 51.1 Å². The monoisotopic (exact) mass is 319 g/mol. The fourth-order valence-corrected chi connectivity index (χ4v) is 3.13. The van der Waals surface area contributed by atoms with Crippen molar-refractivity contribution in [3.8, 4) is 0 Å². The van der Waals surface area contributed by atoms with Crippen LogP contribution in [0.4, 0.5) is 4.79 Å². The van der Waals surface area contributed by atoms with Gasteiger partial charge in [-0.2, -0.15) is 0 Å². The van der Waals surface area contributed by atoms with Crippen molar-refractivity contribution in [3.05, 3.63) is 35.9 Å². The van der Waals surface area contributed by atoms with Crippen molar-refractivity contribution in [1.29, 1.82) is 0 Å². The topological polar surface area (TPSA) is 48.0 Å². The Hall–Kier alpha value is -1.59. The largest absolute Gasteiger partial charge is 0.444 e. The highest BCUT2D eigenvalue weighted by Gasteiger charge is 2.48. The van der Waals surface area contributed by atoms with Crippen LogP contribution in [0.2, 0.25) is 0 Å². The number of piperidine rings is 1. The maximum absolute atomic E-state index is 12.5. The molecule has 5 nitrogen and oxygen atoms in total. The van der Waals surface area contributed by atoms with E-state index in [0.29, 0.717) is 13.2 Å². The Morgan fingerprint density at radius 2 is 2.00 bits per heavy atom. The number of fused-ring (bicyclic) bond motifs is 2. The predicted molar refractivity (Wildman–Crippen MR) is 85.9 cm³/mol. The lowest BCUT2D eigenvalue weighted by Crippen LogP contribution is -2.53. The lowest BCUT2D eigenvalue weighted by Gasteiger charge is -2.38. The Morgan fingerprint density at radius 3 is 2.70 bits per heavy atom.